The highest BCUT2D eigenvalue weighted by Crippen LogP contribution is 2.23. The fourth-order valence-electron chi connectivity index (χ4n) is 0.962. The lowest BCUT2D eigenvalue weighted by atomic mass is 10.3. The van der Waals surface area contributed by atoms with Crippen molar-refractivity contribution in [1.29, 1.82) is 0 Å². The third-order valence-electron chi connectivity index (χ3n) is 1.46. The minimum absolute atomic E-state index is 0.197. The van der Waals surface area contributed by atoms with Crippen molar-refractivity contribution in [2.24, 2.45) is 0 Å². The Morgan fingerprint density at radius 1 is 1.29 bits per heavy atom. The molecule has 0 atom stereocenters. The van der Waals surface area contributed by atoms with E-state index in [9.17, 15) is 4.79 Å². The number of carbonyl (C=O) groups is 1. The van der Waals surface area contributed by atoms with Crippen LogP contribution in [0.2, 0.25) is 0 Å². The van der Waals surface area contributed by atoms with Crippen LogP contribution in [0, 0.1) is 0 Å². The quantitative estimate of drug-likeness (QED) is 0.861. The predicted molar refractivity (Wildman–Crippen MR) is 64.5 cm³/mol. The van der Waals surface area contributed by atoms with Crippen LogP contribution in [-0.2, 0) is 0 Å². The van der Waals surface area contributed by atoms with Crippen LogP contribution in [0.15, 0.2) is 27.1 Å². The molecule has 0 radical (unpaired) electrons. The molecule has 1 rings (SSSR count). The van der Waals surface area contributed by atoms with Gasteiger partial charge in [-0.3, -0.25) is 0 Å². The maximum atomic E-state index is 11.2. The monoisotopic (exact) mass is 320 g/mol. The predicted octanol–water partition coefficient (Wildman–Crippen LogP) is 3.35. The van der Waals surface area contributed by atoms with Gasteiger partial charge < -0.3 is 10.6 Å². The van der Waals surface area contributed by atoms with Gasteiger partial charge in [-0.05, 0) is 25.1 Å². The molecule has 2 amide bonds. The van der Waals surface area contributed by atoms with Gasteiger partial charge in [-0.25, -0.2) is 4.79 Å². The van der Waals surface area contributed by atoms with Gasteiger partial charge in [0.1, 0.15) is 0 Å². The summed E-state index contributed by atoms with van der Waals surface area (Å²) in [6.45, 7) is 2.48. The molecule has 0 fully saturated rings. The van der Waals surface area contributed by atoms with E-state index in [4.69, 9.17) is 0 Å². The molecule has 0 aliphatic carbocycles. The molecule has 5 heteroatoms. The summed E-state index contributed by atoms with van der Waals surface area (Å²) in [5.41, 5.74) is 0.747. The molecule has 0 saturated carbocycles. The number of carbonyl (C=O) groups excluding carboxylic acids is 1. The van der Waals surface area contributed by atoms with Crippen molar-refractivity contribution < 1.29 is 4.79 Å². The van der Waals surface area contributed by atoms with Crippen molar-refractivity contribution in [2.45, 2.75) is 6.92 Å². The zero-order valence-corrected chi connectivity index (χ0v) is 10.8. The lowest BCUT2D eigenvalue weighted by molar-refractivity contribution is 0.252. The molecular weight excluding hydrogens is 312 g/mol. The molecule has 1 aromatic rings. The van der Waals surface area contributed by atoms with Gasteiger partial charge in [0.05, 0.1) is 0 Å². The minimum Gasteiger partial charge on any atom is -0.338 e. The second kappa shape index (κ2) is 5.36. The minimum atomic E-state index is -0.197. The van der Waals surface area contributed by atoms with Gasteiger partial charge in [-0.2, -0.15) is 0 Å². The average molecular weight is 322 g/mol. The summed E-state index contributed by atoms with van der Waals surface area (Å²) in [7, 11) is 0. The van der Waals surface area contributed by atoms with Crippen LogP contribution >= 0.6 is 31.9 Å². The van der Waals surface area contributed by atoms with E-state index < -0.39 is 0 Å². The lowest BCUT2D eigenvalue weighted by Gasteiger charge is -2.06. The van der Waals surface area contributed by atoms with Crippen LogP contribution in [-0.4, -0.2) is 12.6 Å². The third-order valence-corrected chi connectivity index (χ3v) is 2.37. The molecule has 3 nitrogen and oxygen atoms in total. The lowest BCUT2D eigenvalue weighted by Crippen LogP contribution is -2.28. The van der Waals surface area contributed by atoms with E-state index >= 15 is 0 Å². The number of rotatable bonds is 2. The summed E-state index contributed by atoms with van der Waals surface area (Å²) in [6, 6.07) is 5.38. The standard InChI is InChI=1S/C9H10Br2N2O/c1-2-12-9(14)13-8-4-6(10)3-7(11)5-8/h3-5H,2H2,1H3,(H2,12,13,14). The maximum Gasteiger partial charge on any atom is 0.319 e. The fourth-order valence-corrected chi connectivity index (χ4v) is 2.26. The molecular formula is C9H10Br2N2O. The maximum absolute atomic E-state index is 11.2. The fraction of sp³-hybridized carbons (Fsp3) is 0.222. The Morgan fingerprint density at radius 3 is 2.36 bits per heavy atom. The molecule has 76 valence electrons. The normalized spacial score (nSPS) is 9.64. The van der Waals surface area contributed by atoms with Gasteiger partial charge in [0, 0.05) is 21.2 Å². The molecule has 0 aliphatic rings. The van der Waals surface area contributed by atoms with E-state index in [1.165, 1.54) is 0 Å². The molecule has 0 aromatic heterocycles. The van der Waals surface area contributed by atoms with E-state index in [1.807, 2.05) is 25.1 Å². The van der Waals surface area contributed by atoms with E-state index in [0.29, 0.717) is 6.54 Å². The summed E-state index contributed by atoms with van der Waals surface area (Å²) in [5.74, 6) is 0. The summed E-state index contributed by atoms with van der Waals surface area (Å²) >= 11 is 6.68. The molecule has 1 aromatic carbocycles. The zero-order valence-electron chi connectivity index (χ0n) is 7.60. The number of amides is 2. The van der Waals surface area contributed by atoms with Gasteiger partial charge in [-0.1, -0.05) is 31.9 Å². The SMILES string of the molecule is CCNC(=O)Nc1cc(Br)cc(Br)c1. The third kappa shape index (κ3) is 3.67. The van der Waals surface area contributed by atoms with Crippen LogP contribution in [0.1, 0.15) is 6.92 Å². The van der Waals surface area contributed by atoms with Gasteiger partial charge in [-0.15, -0.1) is 0 Å². The number of urea groups is 1. The van der Waals surface area contributed by atoms with Gasteiger partial charge >= 0.3 is 6.03 Å². The first-order valence-electron chi connectivity index (χ1n) is 4.12. The van der Waals surface area contributed by atoms with Crippen molar-refractivity contribution in [2.75, 3.05) is 11.9 Å². The first-order chi connectivity index (χ1) is 6.61. The molecule has 0 heterocycles. The zero-order chi connectivity index (χ0) is 10.6. The molecule has 2 N–H and O–H groups in total. The molecule has 14 heavy (non-hydrogen) atoms. The second-order valence-corrected chi connectivity index (χ2v) is 4.47. The number of nitrogens with one attached hydrogen (secondary N) is 2. The number of halogens is 2. The number of hydrogen-bond acceptors (Lipinski definition) is 1. The molecule has 0 unspecified atom stereocenters. The number of benzene rings is 1. The van der Waals surface area contributed by atoms with Crippen LogP contribution in [0.25, 0.3) is 0 Å². The van der Waals surface area contributed by atoms with E-state index in [1.54, 1.807) is 0 Å². The highest BCUT2D eigenvalue weighted by atomic mass is 79.9. The van der Waals surface area contributed by atoms with E-state index in [-0.39, 0.29) is 6.03 Å². The Morgan fingerprint density at radius 2 is 1.86 bits per heavy atom. The van der Waals surface area contributed by atoms with Gasteiger partial charge in [0.15, 0.2) is 0 Å². The second-order valence-electron chi connectivity index (χ2n) is 2.64. The first-order valence-corrected chi connectivity index (χ1v) is 5.71. The number of anilines is 1. The van der Waals surface area contributed by atoms with Crippen LogP contribution in [0.4, 0.5) is 10.5 Å². The van der Waals surface area contributed by atoms with Crippen molar-refractivity contribution in [1.82, 2.24) is 5.32 Å². The Bertz CT molecular complexity index is 321. The Kier molecular flexibility index (Phi) is 4.41. The summed E-state index contributed by atoms with van der Waals surface area (Å²) in [6.07, 6.45) is 0. The molecule has 0 aliphatic heterocycles. The van der Waals surface area contributed by atoms with Crippen molar-refractivity contribution in [3.63, 3.8) is 0 Å². The van der Waals surface area contributed by atoms with Crippen molar-refractivity contribution in [3.8, 4) is 0 Å². The Balaban J connectivity index is 2.71. The van der Waals surface area contributed by atoms with Crippen molar-refractivity contribution in [3.05, 3.63) is 27.1 Å². The first kappa shape index (κ1) is 11.5. The molecule has 0 spiro atoms. The Labute approximate surface area is 99.5 Å². The van der Waals surface area contributed by atoms with E-state index in [0.717, 1.165) is 14.6 Å². The highest BCUT2D eigenvalue weighted by Gasteiger charge is 2.01. The van der Waals surface area contributed by atoms with Crippen LogP contribution < -0.4 is 10.6 Å². The highest BCUT2D eigenvalue weighted by molar-refractivity contribution is 9.11. The van der Waals surface area contributed by atoms with E-state index in [2.05, 4.69) is 42.5 Å². The van der Waals surface area contributed by atoms with Crippen molar-refractivity contribution >= 4 is 43.6 Å². The number of hydrogen-bond donors (Lipinski definition) is 2. The largest absolute Gasteiger partial charge is 0.338 e. The summed E-state index contributed by atoms with van der Waals surface area (Å²) < 4.78 is 1.83. The van der Waals surface area contributed by atoms with Gasteiger partial charge in [0.2, 0.25) is 0 Å². The topological polar surface area (TPSA) is 41.1 Å². The van der Waals surface area contributed by atoms with Crippen LogP contribution in [0.3, 0.4) is 0 Å². The summed E-state index contributed by atoms with van der Waals surface area (Å²) in [5, 5.41) is 5.37. The smallest absolute Gasteiger partial charge is 0.319 e. The van der Waals surface area contributed by atoms with Crippen LogP contribution in [0.5, 0.6) is 0 Å². The molecule has 0 saturated heterocycles. The average Bonchev–Trinajstić information content (AvgIpc) is 2.01. The summed E-state index contributed by atoms with van der Waals surface area (Å²) in [4.78, 5) is 11.2. The molecule has 0 bridgehead atoms. The van der Waals surface area contributed by atoms with Gasteiger partial charge in [0.25, 0.3) is 0 Å². The Hall–Kier alpha value is -0.550.